The molecule has 1 atom stereocenters. The van der Waals surface area contributed by atoms with Crippen molar-refractivity contribution < 1.29 is 8.78 Å². The van der Waals surface area contributed by atoms with Crippen LogP contribution in [-0.4, -0.2) is 28.4 Å². The molecule has 2 aromatic carbocycles. The molecule has 3 aliphatic heterocycles. The number of aliphatic imine (C=N–C) groups is 4. The van der Waals surface area contributed by atoms with Gasteiger partial charge in [-0.05, 0) is 67.1 Å². The lowest BCUT2D eigenvalue weighted by Crippen LogP contribution is -2.42. The number of nitrogens with zero attached hydrogens (tertiary/aromatic N) is 5. The van der Waals surface area contributed by atoms with Crippen LogP contribution in [0.4, 0.5) is 8.78 Å². The maximum Gasteiger partial charge on any atom is 0.239 e. The number of guanidine groups is 2. The number of hydrogen-bond acceptors (Lipinski definition) is 5. The van der Waals surface area contributed by atoms with E-state index in [1.54, 1.807) is 29.2 Å². The molecule has 4 aliphatic rings. The van der Waals surface area contributed by atoms with Crippen molar-refractivity contribution in [2.45, 2.75) is 6.42 Å². The lowest BCUT2D eigenvalue weighted by molar-refractivity contribution is 0.627. The van der Waals surface area contributed by atoms with Gasteiger partial charge >= 0.3 is 0 Å². The van der Waals surface area contributed by atoms with Crippen molar-refractivity contribution in [3.8, 4) is 0 Å². The molecule has 5 nitrogen and oxygen atoms in total. The van der Waals surface area contributed by atoms with Crippen molar-refractivity contribution in [2.75, 3.05) is 0 Å². The summed E-state index contributed by atoms with van der Waals surface area (Å²) in [7, 11) is 0. The van der Waals surface area contributed by atoms with Crippen LogP contribution in [-0.2, 0) is 0 Å². The molecule has 160 valence electrons. The average molecular weight is 437 g/mol. The van der Waals surface area contributed by atoms with Gasteiger partial charge in [-0.3, -0.25) is 0 Å². The number of allylic oxidation sites excluding steroid dienone is 5. The fourth-order valence-electron chi connectivity index (χ4n) is 4.01. The third kappa shape index (κ3) is 3.57. The Hall–Kier alpha value is -4.26. The highest BCUT2D eigenvalue weighted by molar-refractivity contribution is 6.24. The van der Waals surface area contributed by atoms with Crippen LogP contribution in [0.2, 0.25) is 0 Å². The van der Waals surface area contributed by atoms with Crippen molar-refractivity contribution in [2.24, 2.45) is 25.9 Å². The molecule has 0 saturated heterocycles. The van der Waals surface area contributed by atoms with Crippen LogP contribution in [0.25, 0.3) is 5.70 Å². The van der Waals surface area contributed by atoms with E-state index in [2.05, 4.69) is 12.2 Å². The molecule has 0 spiro atoms. The van der Waals surface area contributed by atoms with Crippen LogP contribution in [0, 0.1) is 17.6 Å². The topological polar surface area (TPSA) is 52.7 Å². The van der Waals surface area contributed by atoms with E-state index >= 15 is 0 Å². The van der Waals surface area contributed by atoms with E-state index in [0.717, 1.165) is 23.2 Å². The van der Waals surface area contributed by atoms with Crippen molar-refractivity contribution in [1.29, 1.82) is 0 Å². The lowest BCUT2D eigenvalue weighted by Gasteiger charge is -2.33. The average Bonchev–Trinajstić information content (AvgIpc) is 2.85. The first kappa shape index (κ1) is 19.4. The minimum absolute atomic E-state index is 0.0198. The second-order valence-corrected chi connectivity index (χ2v) is 7.89. The van der Waals surface area contributed by atoms with Crippen LogP contribution >= 0.6 is 0 Å². The highest BCUT2D eigenvalue weighted by Gasteiger charge is 2.34. The Kier molecular flexibility index (Phi) is 4.54. The summed E-state index contributed by atoms with van der Waals surface area (Å²) in [5.74, 6) is 0.963. The molecule has 0 bridgehead atoms. The molecule has 0 aromatic heterocycles. The molecule has 0 amide bonds. The van der Waals surface area contributed by atoms with Crippen LogP contribution in [0.1, 0.15) is 17.5 Å². The van der Waals surface area contributed by atoms with Crippen LogP contribution < -0.4 is 0 Å². The molecule has 0 saturated carbocycles. The van der Waals surface area contributed by atoms with Crippen LogP contribution in [0.5, 0.6) is 0 Å². The molecular weight excluding hydrogens is 420 g/mol. The normalized spacial score (nSPS) is 20.8. The van der Waals surface area contributed by atoms with E-state index in [1.165, 1.54) is 24.3 Å². The van der Waals surface area contributed by atoms with Crippen molar-refractivity contribution >= 4 is 29.2 Å². The van der Waals surface area contributed by atoms with E-state index in [-0.39, 0.29) is 17.6 Å². The largest absolute Gasteiger partial charge is 0.246 e. The van der Waals surface area contributed by atoms with Crippen molar-refractivity contribution in [3.63, 3.8) is 0 Å². The van der Waals surface area contributed by atoms with Crippen molar-refractivity contribution in [3.05, 3.63) is 113 Å². The quantitative estimate of drug-likeness (QED) is 0.646. The second kappa shape index (κ2) is 7.70. The molecule has 1 unspecified atom stereocenters. The number of benzene rings is 2. The summed E-state index contributed by atoms with van der Waals surface area (Å²) in [4.78, 5) is 20.8. The molecule has 0 fully saturated rings. The maximum absolute atomic E-state index is 13.5. The summed E-state index contributed by atoms with van der Waals surface area (Å²) >= 11 is 0. The fourth-order valence-corrected chi connectivity index (χ4v) is 4.01. The number of hydrogen-bond donors (Lipinski definition) is 0. The molecule has 33 heavy (non-hydrogen) atoms. The van der Waals surface area contributed by atoms with Gasteiger partial charge in [0, 0.05) is 17.0 Å². The standard InChI is InChI=1S/C26H17F2N5/c27-19-10-6-16(7-11-19)22-14-21-15-23(17-8-12-20(28)13-9-17)30-26-32-24(18-4-2-1-3-5-18)31-25(29-22)33(21)26/h1-4,6-15,18H,5H2. The molecule has 1 aliphatic carbocycles. The van der Waals surface area contributed by atoms with Gasteiger partial charge in [-0.1, -0.05) is 24.3 Å². The lowest BCUT2D eigenvalue weighted by atomic mass is 9.99. The molecule has 3 heterocycles. The third-order valence-corrected chi connectivity index (χ3v) is 5.69. The van der Waals surface area contributed by atoms with Gasteiger partial charge in [-0.2, -0.15) is 9.98 Å². The monoisotopic (exact) mass is 437 g/mol. The number of amidine groups is 1. The zero-order valence-corrected chi connectivity index (χ0v) is 17.4. The summed E-state index contributed by atoms with van der Waals surface area (Å²) < 4.78 is 27.0. The first-order valence-corrected chi connectivity index (χ1v) is 10.6. The highest BCUT2D eigenvalue weighted by Crippen LogP contribution is 2.32. The minimum atomic E-state index is -0.309. The van der Waals surface area contributed by atoms with Crippen LogP contribution in [0.3, 0.4) is 0 Å². The van der Waals surface area contributed by atoms with Gasteiger partial charge in [-0.15, -0.1) is 0 Å². The van der Waals surface area contributed by atoms with Gasteiger partial charge in [0.2, 0.25) is 11.9 Å². The summed E-state index contributed by atoms with van der Waals surface area (Å²) in [6.07, 6.45) is 12.7. The number of halogens is 2. The summed E-state index contributed by atoms with van der Waals surface area (Å²) in [6.45, 7) is 0. The van der Waals surface area contributed by atoms with Gasteiger partial charge in [0.15, 0.2) is 0 Å². The van der Waals surface area contributed by atoms with E-state index < -0.39 is 0 Å². The predicted molar refractivity (Wildman–Crippen MR) is 126 cm³/mol. The van der Waals surface area contributed by atoms with Crippen LogP contribution in [0.15, 0.2) is 111 Å². The predicted octanol–water partition coefficient (Wildman–Crippen LogP) is 5.26. The second-order valence-electron chi connectivity index (χ2n) is 7.89. The van der Waals surface area contributed by atoms with Gasteiger partial charge in [0.05, 0.1) is 17.1 Å². The Morgan fingerprint density at radius 2 is 1.42 bits per heavy atom. The van der Waals surface area contributed by atoms with Gasteiger partial charge in [-0.25, -0.2) is 23.7 Å². The minimum Gasteiger partial charge on any atom is -0.246 e. The Morgan fingerprint density at radius 3 is 2.12 bits per heavy atom. The zero-order chi connectivity index (χ0) is 22.4. The van der Waals surface area contributed by atoms with E-state index in [1.807, 2.05) is 24.3 Å². The summed E-state index contributed by atoms with van der Waals surface area (Å²) in [5, 5.41) is 0. The smallest absolute Gasteiger partial charge is 0.239 e. The molecule has 2 aromatic rings. The van der Waals surface area contributed by atoms with E-state index in [0.29, 0.717) is 29.2 Å². The van der Waals surface area contributed by atoms with E-state index in [4.69, 9.17) is 20.0 Å². The first-order chi connectivity index (χ1) is 16.1. The zero-order valence-electron chi connectivity index (χ0n) is 17.4. The maximum atomic E-state index is 13.5. The Balaban J connectivity index is 1.50. The Bertz CT molecular complexity index is 1340. The molecule has 0 radical (unpaired) electrons. The fraction of sp³-hybridized carbons (Fsp3) is 0.0769. The molecule has 7 heteroatoms. The Morgan fingerprint density at radius 1 is 0.727 bits per heavy atom. The Labute approximate surface area is 188 Å². The van der Waals surface area contributed by atoms with Gasteiger partial charge in [0.25, 0.3) is 0 Å². The SMILES string of the molecule is Fc1ccc(C2=CC3=CC(c4ccc(F)cc4)=NC4=NC(C5C=CC=CC5)=NC(=N2)N34)cc1. The summed E-state index contributed by atoms with van der Waals surface area (Å²) in [5.41, 5.74) is 3.66. The van der Waals surface area contributed by atoms with Gasteiger partial charge in [0.1, 0.15) is 17.5 Å². The number of rotatable bonds is 3. The summed E-state index contributed by atoms with van der Waals surface area (Å²) in [6, 6.07) is 12.4. The molecule has 6 rings (SSSR count). The molecule has 0 N–H and O–H groups in total. The highest BCUT2D eigenvalue weighted by atomic mass is 19.1. The molecular formula is C26H17F2N5. The van der Waals surface area contributed by atoms with E-state index in [9.17, 15) is 8.78 Å². The van der Waals surface area contributed by atoms with Gasteiger partial charge < -0.3 is 0 Å². The third-order valence-electron chi connectivity index (χ3n) is 5.69. The van der Waals surface area contributed by atoms with Crippen molar-refractivity contribution in [1.82, 2.24) is 4.90 Å². The first-order valence-electron chi connectivity index (χ1n) is 10.6.